The second kappa shape index (κ2) is 11.5. The Balaban J connectivity index is 0.00000272. The zero-order valence-electron chi connectivity index (χ0n) is 17.8. The fourth-order valence-electron chi connectivity index (χ4n) is 4.42. The van der Waals surface area contributed by atoms with Crippen LogP contribution in [0.5, 0.6) is 0 Å². The molecule has 2 heterocycles. The summed E-state index contributed by atoms with van der Waals surface area (Å²) in [6.07, 6.45) is 2.79. The van der Waals surface area contributed by atoms with Crippen molar-refractivity contribution < 1.29 is 9.53 Å². The Kier molecular flexibility index (Phi) is 8.71. The summed E-state index contributed by atoms with van der Waals surface area (Å²) >= 11 is 0. The molecule has 0 aliphatic carbocycles. The van der Waals surface area contributed by atoms with E-state index in [9.17, 15) is 4.79 Å². The quantitative estimate of drug-likeness (QED) is 0.307. The summed E-state index contributed by atoms with van der Waals surface area (Å²) < 4.78 is 6.10. The Morgan fingerprint density at radius 3 is 2.65 bits per heavy atom. The summed E-state index contributed by atoms with van der Waals surface area (Å²) in [6, 6.07) is 18.5. The van der Waals surface area contributed by atoms with Gasteiger partial charge in [0.15, 0.2) is 5.96 Å². The van der Waals surface area contributed by atoms with Crippen LogP contribution in [0.15, 0.2) is 59.6 Å². The van der Waals surface area contributed by atoms with Crippen LogP contribution in [0.2, 0.25) is 0 Å². The highest BCUT2D eigenvalue weighted by molar-refractivity contribution is 14.0. The van der Waals surface area contributed by atoms with E-state index >= 15 is 0 Å². The number of halogens is 1. The third-order valence-corrected chi connectivity index (χ3v) is 5.95. The molecule has 0 bridgehead atoms. The smallest absolute Gasteiger partial charge is 0.225 e. The molecular weight excluding hydrogens is 503 g/mol. The molecule has 4 rings (SSSR count). The SMILES string of the molecule is CN=C(NCC1CC(=O)Nc2ccccc21)NCC1CCCOC1c1ccccc1.I. The number of carbonyl (C=O) groups excluding carboxylic acids is 1. The zero-order valence-corrected chi connectivity index (χ0v) is 20.2. The number of benzene rings is 2. The van der Waals surface area contributed by atoms with Gasteiger partial charge in [0.25, 0.3) is 0 Å². The minimum Gasteiger partial charge on any atom is -0.373 e. The fourth-order valence-corrected chi connectivity index (χ4v) is 4.42. The summed E-state index contributed by atoms with van der Waals surface area (Å²) in [7, 11) is 1.78. The lowest BCUT2D eigenvalue weighted by atomic mass is 9.89. The fraction of sp³-hybridized carbons (Fsp3) is 0.417. The average Bonchev–Trinajstić information content (AvgIpc) is 2.79. The highest BCUT2D eigenvalue weighted by atomic mass is 127. The van der Waals surface area contributed by atoms with Crippen molar-refractivity contribution in [3.63, 3.8) is 0 Å². The number of ether oxygens (including phenoxy) is 1. The second-order valence-electron chi connectivity index (χ2n) is 7.97. The Hall–Kier alpha value is -2.13. The van der Waals surface area contributed by atoms with Crippen molar-refractivity contribution in [2.24, 2.45) is 10.9 Å². The summed E-state index contributed by atoms with van der Waals surface area (Å²) in [5.74, 6) is 1.34. The van der Waals surface area contributed by atoms with Crippen LogP contribution in [0, 0.1) is 5.92 Å². The van der Waals surface area contributed by atoms with Crippen molar-refractivity contribution in [2.75, 3.05) is 32.1 Å². The number of anilines is 1. The van der Waals surface area contributed by atoms with E-state index in [-0.39, 0.29) is 41.9 Å². The molecule has 0 saturated carbocycles. The van der Waals surface area contributed by atoms with E-state index in [4.69, 9.17) is 4.74 Å². The van der Waals surface area contributed by atoms with Gasteiger partial charge in [-0.15, -0.1) is 24.0 Å². The van der Waals surface area contributed by atoms with Crippen LogP contribution in [0.3, 0.4) is 0 Å². The molecule has 1 saturated heterocycles. The van der Waals surface area contributed by atoms with E-state index < -0.39 is 0 Å². The highest BCUT2D eigenvalue weighted by Crippen LogP contribution is 2.33. The van der Waals surface area contributed by atoms with Gasteiger partial charge in [-0.25, -0.2) is 0 Å². The molecule has 1 amide bonds. The summed E-state index contributed by atoms with van der Waals surface area (Å²) in [6.45, 7) is 2.26. The van der Waals surface area contributed by atoms with Crippen LogP contribution in [-0.4, -0.2) is 38.6 Å². The number of carbonyl (C=O) groups is 1. The maximum absolute atomic E-state index is 12.1. The second-order valence-corrected chi connectivity index (χ2v) is 7.97. The van der Waals surface area contributed by atoms with Gasteiger partial charge in [-0.1, -0.05) is 48.5 Å². The lowest BCUT2D eigenvalue weighted by molar-refractivity contribution is -0.116. The summed E-state index contributed by atoms with van der Waals surface area (Å²) in [4.78, 5) is 16.4. The van der Waals surface area contributed by atoms with Crippen molar-refractivity contribution in [3.8, 4) is 0 Å². The molecule has 2 aliphatic heterocycles. The van der Waals surface area contributed by atoms with Crippen molar-refractivity contribution in [1.29, 1.82) is 0 Å². The van der Waals surface area contributed by atoms with Crippen molar-refractivity contribution in [3.05, 3.63) is 65.7 Å². The molecule has 3 N–H and O–H groups in total. The normalized spacial score (nSPS) is 23.2. The Bertz CT molecular complexity index is 890. The van der Waals surface area contributed by atoms with Crippen LogP contribution in [0.25, 0.3) is 0 Å². The Morgan fingerprint density at radius 2 is 1.84 bits per heavy atom. The predicted molar refractivity (Wildman–Crippen MR) is 135 cm³/mol. The zero-order chi connectivity index (χ0) is 20.8. The average molecular weight is 534 g/mol. The van der Waals surface area contributed by atoms with E-state index in [1.165, 1.54) is 11.1 Å². The van der Waals surface area contributed by atoms with Gasteiger partial charge in [-0.3, -0.25) is 9.79 Å². The summed E-state index contributed by atoms with van der Waals surface area (Å²) in [5, 5.41) is 9.84. The molecule has 2 aliphatic rings. The van der Waals surface area contributed by atoms with Gasteiger partial charge < -0.3 is 20.7 Å². The van der Waals surface area contributed by atoms with Crippen molar-refractivity contribution in [1.82, 2.24) is 10.6 Å². The molecule has 2 aromatic rings. The molecular formula is C24H31IN4O2. The first-order chi connectivity index (χ1) is 14.7. The first-order valence-corrected chi connectivity index (χ1v) is 10.7. The number of guanidine groups is 1. The van der Waals surface area contributed by atoms with Crippen molar-refractivity contribution in [2.45, 2.75) is 31.3 Å². The number of hydrogen-bond donors (Lipinski definition) is 3. The van der Waals surface area contributed by atoms with E-state index in [0.717, 1.165) is 37.6 Å². The van der Waals surface area contributed by atoms with Crippen LogP contribution in [0.4, 0.5) is 5.69 Å². The molecule has 0 spiro atoms. The molecule has 1 fully saturated rings. The number of fused-ring (bicyclic) bond motifs is 1. The van der Waals surface area contributed by atoms with Crippen LogP contribution < -0.4 is 16.0 Å². The van der Waals surface area contributed by atoms with Gasteiger partial charge in [0, 0.05) is 50.7 Å². The number of aliphatic imine (C=N–C) groups is 1. The number of nitrogens with zero attached hydrogens (tertiary/aromatic N) is 1. The molecule has 166 valence electrons. The predicted octanol–water partition coefficient (Wildman–Crippen LogP) is 4.06. The Labute approximate surface area is 201 Å². The maximum atomic E-state index is 12.1. The highest BCUT2D eigenvalue weighted by Gasteiger charge is 2.28. The topological polar surface area (TPSA) is 74.8 Å². The van der Waals surface area contributed by atoms with Gasteiger partial charge >= 0.3 is 0 Å². The van der Waals surface area contributed by atoms with Gasteiger partial charge in [0.05, 0.1) is 6.10 Å². The molecule has 7 heteroatoms. The standard InChI is InChI=1S/C24H30N4O2.HI/c1-25-24(27-16-19-14-22(29)28-21-12-6-5-11-20(19)21)26-15-18-10-7-13-30-23(18)17-8-3-2-4-9-17;/h2-6,8-9,11-12,18-19,23H,7,10,13-16H2,1H3,(H,28,29)(H2,25,26,27);1H. The van der Waals surface area contributed by atoms with E-state index in [0.29, 0.717) is 18.9 Å². The molecule has 2 aromatic carbocycles. The van der Waals surface area contributed by atoms with E-state index in [2.05, 4.69) is 51.3 Å². The van der Waals surface area contributed by atoms with Crippen LogP contribution >= 0.6 is 24.0 Å². The van der Waals surface area contributed by atoms with Gasteiger partial charge in [0.1, 0.15) is 0 Å². The lowest BCUT2D eigenvalue weighted by Crippen LogP contribution is -2.43. The molecule has 31 heavy (non-hydrogen) atoms. The van der Waals surface area contributed by atoms with E-state index in [1.54, 1.807) is 7.05 Å². The Morgan fingerprint density at radius 1 is 1.10 bits per heavy atom. The number of rotatable bonds is 5. The third kappa shape index (κ3) is 5.98. The first kappa shape index (κ1) is 23.5. The third-order valence-electron chi connectivity index (χ3n) is 5.95. The number of para-hydroxylation sites is 1. The lowest BCUT2D eigenvalue weighted by Gasteiger charge is -2.33. The van der Waals surface area contributed by atoms with Crippen molar-refractivity contribution >= 4 is 41.5 Å². The first-order valence-electron chi connectivity index (χ1n) is 10.7. The number of nitrogens with one attached hydrogen (secondary N) is 3. The number of amides is 1. The molecule has 0 aromatic heterocycles. The van der Waals surface area contributed by atoms with Gasteiger partial charge in [-0.2, -0.15) is 0 Å². The van der Waals surface area contributed by atoms with Crippen LogP contribution in [0.1, 0.15) is 42.4 Å². The minimum atomic E-state index is 0. The molecule has 0 radical (unpaired) electrons. The van der Waals surface area contributed by atoms with Gasteiger partial charge in [-0.05, 0) is 30.0 Å². The largest absolute Gasteiger partial charge is 0.373 e. The summed E-state index contributed by atoms with van der Waals surface area (Å²) in [5.41, 5.74) is 3.32. The van der Waals surface area contributed by atoms with Crippen LogP contribution in [-0.2, 0) is 9.53 Å². The van der Waals surface area contributed by atoms with Gasteiger partial charge in [0.2, 0.25) is 5.91 Å². The minimum absolute atomic E-state index is 0. The monoisotopic (exact) mass is 534 g/mol. The number of hydrogen-bond acceptors (Lipinski definition) is 3. The molecule has 6 nitrogen and oxygen atoms in total. The maximum Gasteiger partial charge on any atom is 0.225 e. The molecule has 3 atom stereocenters. The molecule has 3 unspecified atom stereocenters. The van der Waals surface area contributed by atoms with E-state index in [1.807, 2.05) is 24.3 Å².